The summed E-state index contributed by atoms with van der Waals surface area (Å²) in [5.74, 6) is 1.05. The molecule has 0 spiro atoms. The predicted molar refractivity (Wildman–Crippen MR) is 77.6 cm³/mol. The topological polar surface area (TPSA) is 61.5 Å². The summed E-state index contributed by atoms with van der Waals surface area (Å²) in [5, 5.41) is 0. The molecule has 0 fully saturated rings. The zero-order valence-corrected chi connectivity index (χ0v) is 12.2. The monoisotopic (exact) mass is 277 g/mol. The van der Waals surface area contributed by atoms with Crippen molar-refractivity contribution < 1.29 is 14.3 Å². The van der Waals surface area contributed by atoms with Gasteiger partial charge in [-0.25, -0.2) is 0 Å². The van der Waals surface area contributed by atoms with E-state index in [4.69, 9.17) is 15.2 Å². The van der Waals surface area contributed by atoms with Gasteiger partial charge in [0.05, 0.1) is 13.2 Å². The normalized spacial score (nSPS) is 16.1. The van der Waals surface area contributed by atoms with Crippen LogP contribution in [0.5, 0.6) is 5.75 Å². The maximum Gasteiger partial charge on any atom is 0.306 e. The molecule has 0 radical (unpaired) electrons. The number of carbonyl (C=O) groups excluding carboxylic acids is 1. The van der Waals surface area contributed by atoms with E-state index in [1.54, 1.807) is 0 Å². The van der Waals surface area contributed by atoms with Gasteiger partial charge in [0.2, 0.25) is 0 Å². The minimum Gasteiger partial charge on any atom is -0.493 e. The molecule has 4 heteroatoms. The van der Waals surface area contributed by atoms with E-state index in [0.717, 1.165) is 30.8 Å². The van der Waals surface area contributed by atoms with Gasteiger partial charge in [0, 0.05) is 18.9 Å². The zero-order chi connectivity index (χ0) is 14.5. The molecule has 1 aromatic rings. The van der Waals surface area contributed by atoms with Crippen molar-refractivity contribution in [2.75, 3.05) is 13.2 Å². The Morgan fingerprint density at radius 1 is 1.50 bits per heavy atom. The van der Waals surface area contributed by atoms with Gasteiger partial charge in [0.25, 0.3) is 0 Å². The highest BCUT2D eigenvalue weighted by molar-refractivity contribution is 5.69. The van der Waals surface area contributed by atoms with Crippen LogP contribution in [0.4, 0.5) is 0 Å². The molecule has 0 saturated heterocycles. The lowest BCUT2D eigenvalue weighted by Crippen LogP contribution is -2.17. The van der Waals surface area contributed by atoms with Crippen molar-refractivity contribution in [3.8, 4) is 5.75 Å². The summed E-state index contributed by atoms with van der Waals surface area (Å²) in [5.41, 5.74) is 8.59. The molecule has 1 heterocycles. The standard InChI is InChI=1S/C16H23NO3/c1-3-19-16(18)9-11(2)8-14(17)12-4-5-15-13(10-12)6-7-20-15/h4-5,10-11,14H,3,6-9,17H2,1-2H3. The molecule has 20 heavy (non-hydrogen) atoms. The molecule has 0 aromatic heterocycles. The Labute approximate surface area is 120 Å². The molecule has 0 saturated carbocycles. The molecule has 110 valence electrons. The van der Waals surface area contributed by atoms with Crippen LogP contribution in [0.2, 0.25) is 0 Å². The predicted octanol–water partition coefficient (Wildman–Crippen LogP) is 2.60. The van der Waals surface area contributed by atoms with Gasteiger partial charge in [-0.05, 0) is 36.5 Å². The summed E-state index contributed by atoms with van der Waals surface area (Å²) in [6.07, 6.45) is 2.16. The van der Waals surface area contributed by atoms with Gasteiger partial charge >= 0.3 is 5.97 Å². The fourth-order valence-corrected chi connectivity index (χ4v) is 2.59. The summed E-state index contributed by atoms with van der Waals surface area (Å²) < 4.78 is 10.5. The molecule has 1 aromatic carbocycles. The van der Waals surface area contributed by atoms with Crippen LogP contribution in [-0.4, -0.2) is 19.2 Å². The van der Waals surface area contributed by atoms with E-state index in [9.17, 15) is 4.79 Å². The average molecular weight is 277 g/mol. The van der Waals surface area contributed by atoms with Crippen LogP contribution in [0.15, 0.2) is 18.2 Å². The molecule has 2 N–H and O–H groups in total. The third-order valence-electron chi connectivity index (χ3n) is 3.62. The van der Waals surface area contributed by atoms with Crippen LogP contribution >= 0.6 is 0 Å². The highest BCUT2D eigenvalue weighted by Gasteiger charge is 2.18. The Balaban J connectivity index is 1.91. The lowest BCUT2D eigenvalue weighted by atomic mass is 9.93. The van der Waals surface area contributed by atoms with Crippen molar-refractivity contribution in [1.29, 1.82) is 0 Å². The first-order chi connectivity index (χ1) is 9.60. The first-order valence-electron chi connectivity index (χ1n) is 7.27. The second kappa shape index (κ2) is 6.75. The van der Waals surface area contributed by atoms with E-state index < -0.39 is 0 Å². The lowest BCUT2D eigenvalue weighted by Gasteiger charge is -2.17. The van der Waals surface area contributed by atoms with E-state index in [1.807, 2.05) is 26.0 Å². The van der Waals surface area contributed by atoms with Gasteiger partial charge in [-0.15, -0.1) is 0 Å². The fourth-order valence-electron chi connectivity index (χ4n) is 2.59. The van der Waals surface area contributed by atoms with Crippen molar-refractivity contribution in [3.63, 3.8) is 0 Å². The largest absolute Gasteiger partial charge is 0.493 e. The number of benzene rings is 1. The van der Waals surface area contributed by atoms with Crippen LogP contribution < -0.4 is 10.5 Å². The second-order valence-electron chi connectivity index (χ2n) is 5.42. The number of fused-ring (bicyclic) bond motifs is 1. The average Bonchev–Trinajstić information content (AvgIpc) is 2.85. The molecule has 0 bridgehead atoms. The lowest BCUT2D eigenvalue weighted by molar-refractivity contribution is -0.144. The number of carbonyl (C=O) groups is 1. The number of hydrogen-bond acceptors (Lipinski definition) is 4. The minimum atomic E-state index is -0.144. The van der Waals surface area contributed by atoms with E-state index >= 15 is 0 Å². The van der Waals surface area contributed by atoms with Crippen LogP contribution in [0, 0.1) is 5.92 Å². The maximum atomic E-state index is 11.4. The van der Waals surface area contributed by atoms with Gasteiger partial charge in [-0.2, -0.15) is 0 Å². The number of esters is 1. The Morgan fingerprint density at radius 3 is 3.05 bits per heavy atom. The maximum absolute atomic E-state index is 11.4. The van der Waals surface area contributed by atoms with Crippen molar-refractivity contribution in [3.05, 3.63) is 29.3 Å². The fraction of sp³-hybridized carbons (Fsp3) is 0.562. The first kappa shape index (κ1) is 14.9. The molecule has 0 amide bonds. The van der Waals surface area contributed by atoms with Crippen molar-refractivity contribution in [2.45, 2.75) is 39.2 Å². The third kappa shape index (κ3) is 3.73. The van der Waals surface area contributed by atoms with Crippen molar-refractivity contribution in [1.82, 2.24) is 0 Å². The Hall–Kier alpha value is -1.55. The summed E-state index contributed by atoms with van der Waals surface area (Å²) in [7, 11) is 0. The number of rotatable bonds is 6. The van der Waals surface area contributed by atoms with Gasteiger partial charge in [0.1, 0.15) is 5.75 Å². The molecule has 2 unspecified atom stereocenters. The van der Waals surface area contributed by atoms with Crippen LogP contribution in [0.25, 0.3) is 0 Å². The van der Waals surface area contributed by atoms with Crippen molar-refractivity contribution >= 4 is 5.97 Å². The highest BCUT2D eigenvalue weighted by Crippen LogP contribution is 2.29. The molecule has 1 aliphatic heterocycles. The van der Waals surface area contributed by atoms with Crippen LogP contribution in [-0.2, 0) is 16.0 Å². The zero-order valence-electron chi connectivity index (χ0n) is 12.2. The van der Waals surface area contributed by atoms with E-state index in [2.05, 4.69) is 6.07 Å². The smallest absolute Gasteiger partial charge is 0.306 e. The Kier molecular flexibility index (Phi) is 5.01. The van der Waals surface area contributed by atoms with Gasteiger partial charge in [-0.3, -0.25) is 4.79 Å². The quantitative estimate of drug-likeness (QED) is 0.812. The van der Waals surface area contributed by atoms with Crippen molar-refractivity contribution in [2.24, 2.45) is 11.7 Å². The molecule has 4 nitrogen and oxygen atoms in total. The Bertz CT molecular complexity index is 473. The summed E-state index contributed by atoms with van der Waals surface area (Å²) >= 11 is 0. The molecule has 0 aliphatic carbocycles. The molecular weight excluding hydrogens is 254 g/mol. The number of hydrogen-bond donors (Lipinski definition) is 1. The van der Waals surface area contributed by atoms with Gasteiger partial charge < -0.3 is 15.2 Å². The van der Waals surface area contributed by atoms with E-state index in [0.29, 0.717) is 13.0 Å². The van der Waals surface area contributed by atoms with Gasteiger partial charge in [0.15, 0.2) is 0 Å². The number of nitrogens with two attached hydrogens (primary N) is 1. The highest BCUT2D eigenvalue weighted by atomic mass is 16.5. The minimum absolute atomic E-state index is 0.0506. The summed E-state index contributed by atoms with van der Waals surface area (Å²) in [4.78, 5) is 11.4. The first-order valence-corrected chi connectivity index (χ1v) is 7.27. The van der Waals surface area contributed by atoms with Crippen LogP contribution in [0.3, 0.4) is 0 Å². The van der Waals surface area contributed by atoms with Gasteiger partial charge in [-0.1, -0.05) is 19.1 Å². The number of ether oxygens (including phenoxy) is 2. The summed E-state index contributed by atoms with van der Waals surface area (Å²) in [6, 6.07) is 6.09. The molecule has 2 rings (SSSR count). The van der Waals surface area contributed by atoms with Crippen LogP contribution in [0.1, 0.15) is 43.9 Å². The molecule has 1 aliphatic rings. The van der Waals surface area contributed by atoms with E-state index in [1.165, 1.54) is 5.56 Å². The SMILES string of the molecule is CCOC(=O)CC(C)CC(N)c1ccc2c(c1)CCO2. The molecular formula is C16H23NO3. The Morgan fingerprint density at radius 2 is 2.30 bits per heavy atom. The summed E-state index contributed by atoms with van der Waals surface area (Å²) in [6.45, 7) is 5.05. The third-order valence-corrected chi connectivity index (χ3v) is 3.62. The second-order valence-corrected chi connectivity index (χ2v) is 5.42. The molecule has 2 atom stereocenters. The van der Waals surface area contributed by atoms with E-state index in [-0.39, 0.29) is 17.9 Å².